The second-order valence-corrected chi connectivity index (χ2v) is 12.0. The number of carbonyl (C=O) groups excluding carboxylic acids is 2. The predicted molar refractivity (Wildman–Crippen MR) is 126 cm³/mol. The van der Waals surface area contributed by atoms with E-state index in [1.807, 2.05) is 13.8 Å². The molecule has 0 radical (unpaired) electrons. The van der Waals surface area contributed by atoms with Crippen LogP contribution in [0.4, 0.5) is 9.59 Å². The highest BCUT2D eigenvalue weighted by Crippen LogP contribution is 2.31. The Morgan fingerprint density at radius 1 is 0.615 bits per heavy atom. The van der Waals surface area contributed by atoms with E-state index in [9.17, 15) is 9.59 Å². The van der Waals surface area contributed by atoms with Gasteiger partial charge in [0.2, 0.25) is 0 Å². The second-order valence-electron chi connectivity index (χ2n) is 5.12. The molecule has 0 aliphatic carbocycles. The highest BCUT2D eigenvalue weighted by atomic mass is 33.1. The van der Waals surface area contributed by atoms with E-state index in [0.717, 1.165) is 35.6 Å². The Hall–Kier alpha value is 1.36. The van der Waals surface area contributed by atoms with Crippen LogP contribution >= 0.6 is 67.3 Å². The Morgan fingerprint density at radius 3 is 1.31 bits per heavy atom. The first-order chi connectivity index (χ1) is 12.7. The molecule has 0 aromatic carbocycles. The first-order valence-corrected chi connectivity index (χ1v) is 15.1. The molecule has 0 aromatic rings. The van der Waals surface area contributed by atoms with Crippen molar-refractivity contribution in [2.75, 3.05) is 24.7 Å². The molecular weight excluding hydrogens is 449 g/mol. The Morgan fingerprint density at radius 2 is 0.962 bits per heavy atom. The van der Waals surface area contributed by atoms with Crippen LogP contribution in [0.3, 0.4) is 0 Å². The fraction of sp³-hybridized carbons (Fsp3) is 0.875. The van der Waals surface area contributed by atoms with E-state index in [0.29, 0.717) is 13.2 Å². The molecule has 0 aliphatic heterocycles. The quantitative estimate of drug-likeness (QED) is 0.115. The molecule has 0 aliphatic rings. The second kappa shape index (κ2) is 22.6. The van der Waals surface area contributed by atoms with Crippen molar-refractivity contribution in [2.45, 2.75) is 65.2 Å². The van der Waals surface area contributed by atoms with Gasteiger partial charge in [0.15, 0.2) is 0 Å². The Labute approximate surface area is 183 Å². The summed E-state index contributed by atoms with van der Waals surface area (Å²) in [5.41, 5.74) is 0. The third-order valence-corrected chi connectivity index (χ3v) is 9.50. The minimum Gasteiger partial charge on any atom is -0.308 e. The molecule has 0 heterocycles. The number of hydrogen-bond acceptors (Lipinski definition) is 10. The molecule has 0 fully saturated rings. The summed E-state index contributed by atoms with van der Waals surface area (Å²) in [7, 11) is 5.82. The molecular formula is C16H30O4S6. The van der Waals surface area contributed by atoms with E-state index < -0.39 is 0 Å². The Kier molecular flexibility index (Phi) is 23.8. The molecule has 154 valence electrons. The van der Waals surface area contributed by atoms with Gasteiger partial charge in [0.1, 0.15) is 0 Å². The minimum atomic E-state index is 0.0332. The SMILES string of the molecule is CCOSC(=O)SSCCCCCCCCCCSSC(=O)SOCC. The number of rotatable bonds is 17. The van der Waals surface area contributed by atoms with Crippen LogP contribution in [-0.2, 0) is 8.37 Å². The van der Waals surface area contributed by atoms with Crippen LogP contribution in [0.5, 0.6) is 0 Å². The monoisotopic (exact) mass is 478 g/mol. The van der Waals surface area contributed by atoms with E-state index in [4.69, 9.17) is 8.37 Å². The van der Waals surface area contributed by atoms with Crippen LogP contribution in [-0.4, -0.2) is 33.6 Å². The van der Waals surface area contributed by atoms with E-state index in [2.05, 4.69) is 0 Å². The topological polar surface area (TPSA) is 52.6 Å². The molecule has 4 nitrogen and oxygen atoms in total. The van der Waals surface area contributed by atoms with Gasteiger partial charge in [-0.15, -0.1) is 0 Å². The van der Waals surface area contributed by atoms with Gasteiger partial charge < -0.3 is 8.37 Å². The largest absolute Gasteiger partial charge is 0.308 e. The third kappa shape index (κ3) is 21.7. The number of carbonyl (C=O) groups is 2. The van der Waals surface area contributed by atoms with Crippen molar-refractivity contribution in [3.8, 4) is 0 Å². The molecule has 26 heavy (non-hydrogen) atoms. The van der Waals surface area contributed by atoms with Crippen LogP contribution in [0.25, 0.3) is 0 Å². The highest BCUT2D eigenvalue weighted by molar-refractivity contribution is 8.86. The minimum absolute atomic E-state index is 0.0332. The maximum absolute atomic E-state index is 11.3. The molecule has 0 saturated carbocycles. The van der Waals surface area contributed by atoms with Crippen molar-refractivity contribution < 1.29 is 18.0 Å². The van der Waals surface area contributed by atoms with Gasteiger partial charge >= 0.3 is 0 Å². The summed E-state index contributed by atoms with van der Waals surface area (Å²) in [4.78, 5) is 22.7. The van der Waals surface area contributed by atoms with Crippen LogP contribution in [0.2, 0.25) is 0 Å². The fourth-order valence-corrected chi connectivity index (χ4v) is 6.90. The van der Waals surface area contributed by atoms with Gasteiger partial charge in [-0.25, -0.2) is 0 Å². The van der Waals surface area contributed by atoms with Crippen LogP contribution in [0.15, 0.2) is 0 Å². The van der Waals surface area contributed by atoms with Gasteiger partial charge in [0.05, 0.1) is 37.3 Å². The van der Waals surface area contributed by atoms with Crippen molar-refractivity contribution in [1.82, 2.24) is 0 Å². The molecule has 0 N–H and O–H groups in total. The number of hydrogen-bond donors (Lipinski definition) is 0. The predicted octanol–water partition coefficient (Wildman–Crippen LogP) is 8.48. The Balaban J connectivity index is 3.13. The summed E-state index contributed by atoms with van der Waals surface area (Å²) in [6.45, 7) is 4.88. The van der Waals surface area contributed by atoms with E-state index in [1.165, 1.54) is 73.0 Å². The lowest BCUT2D eigenvalue weighted by molar-refractivity contribution is 0.274. The van der Waals surface area contributed by atoms with E-state index >= 15 is 0 Å². The van der Waals surface area contributed by atoms with E-state index in [1.54, 1.807) is 21.6 Å². The van der Waals surface area contributed by atoms with Crippen LogP contribution in [0.1, 0.15) is 65.2 Å². The van der Waals surface area contributed by atoms with Crippen molar-refractivity contribution >= 4 is 76.2 Å². The highest BCUT2D eigenvalue weighted by Gasteiger charge is 2.05. The lowest BCUT2D eigenvalue weighted by Crippen LogP contribution is -1.86. The van der Waals surface area contributed by atoms with E-state index in [-0.39, 0.29) is 8.89 Å². The van der Waals surface area contributed by atoms with Gasteiger partial charge in [0.25, 0.3) is 8.89 Å². The van der Waals surface area contributed by atoms with Crippen LogP contribution in [0, 0.1) is 0 Å². The van der Waals surface area contributed by atoms with Gasteiger partial charge in [0, 0.05) is 11.5 Å². The molecule has 0 rings (SSSR count). The smallest absolute Gasteiger partial charge is 0.283 e. The molecule has 0 unspecified atom stereocenters. The molecule has 0 saturated heterocycles. The summed E-state index contributed by atoms with van der Waals surface area (Å²) in [6.07, 6.45) is 9.97. The van der Waals surface area contributed by atoms with Crippen molar-refractivity contribution in [3.63, 3.8) is 0 Å². The zero-order valence-electron chi connectivity index (χ0n) is 15.6. The first-order valence-electron chi connectivity index (χ1n) is 8.96. The maximum Gasteiger partial charge on any atom is 0.283 e. The van der Waals surface area contributed by atoms with Crippen molar-refractivity contribution in [1.29, 1.82) is 0 Å². The molecule has 0 aromatic heterocycles. The van der Waals surface area contributed by atoms with Crippen molar-refractivity contribution in [2.24, 2.45) is 0 Å². The lowest BCUT2D eigenvalue weighted by Gasteiger charge is -2.03. The summed E-state index contributed by atoms with van der Waals surface area (Å²) in [5.74, 6) is 2.05. The van der Waals surface area contributed by atoms with Crippen molar-refractivity contribution in [3.05, 3.63) is 0 Å². The molecule has 0 amide bonds. The normalized spacial score (nSPS) is 11.0. The zero-order chi connectivity index (χ0) is 19.3. The summed E-state index contributed by atoms with van der Waals surface area (Å²) in [5, 5.41) is 0. The summed E-state index contributed by atoms with van der Waals surface area (Å²) in [6, 6.07) is 0. The number of unbranched alkanes of at least 4 members (excludes halogenated alkanes) is 7. The molecule has 0 atom stereocenters. The van der Waals surface area contributed by atoms with Gasteiger partial charge in [-0.3, -0.25) is 9.59 Å². The summed E-state index contributed by atoms with van der Waals surface area (Å²) >= 11 is 1.88. The van der Waals surface area contributed by atoms with Gasteiger partial charge in [-0.05, 0) is 48.3 Å². The van der Waals surface area contributed by atoms with Crippen LogP contribution < -0.4 is 0 Å². The summed E-state index contributed by atoms with van der Waals surface area (Å²) < 4.78 is 10.1. The zero-order valence-corrected chi connectivity index (χ0v) is 20.5. The third-order valence-electron chi connectivity index (χ3n) is 2.95. The molecule has 10 heteroatoms. The molecule has 0 spiro atoms. The van der Waals surface area contributed by atoms with Gasteiger partial charge in [-0.1, -0.05) is 60.1 Å². The average molecular weight is 479 g/mol. The average Bonchev–Trinajstić information content (AvgIpc) is 2.64. The lowest BCUT2D eigenvalue weighted by atomic mass is 10.1. The standard InChI is InChI=1S/C16H30O4S6/c1-3-19-23-15(17)25-21-13-11-9-7-5-6-8-10-12-14-22-26-16(18)24-20-4-2/h3-14H2,1-2H3. The first kappa shape index (κ1) is 27.4. The Bertz CT molecular complexity index is 315. The molecule has 0 bridgehead atoms. The van der Waals surface area contributed by atoms with Gasteiger partial charge in [-0.2, -0.15) is 0 Å². The fourth-order valence-electron chi connectivity index (χ4n) is 1.80. The maximum atomic E-state index is 11.3.